The summed E-state index contributed by atoms with van der Waals surface area (Å²) in [5.41, 5.74) is 8.87. The van der Waals surface area contributed by atoms with Gasteiger partial charge in [-0.25, -0.2) is 0 Å². The van der Waals surface area contributed by atoms with E-state index in [2.05, 4.69) is 28.2 Å². The van der Waals surface area contributed by atoms with Gasteiger partial charge < -0.3 is 11.1 Å². The minimum Gasteiger partial charge on any atom is -0.323 e. The van der Waals surface area contributed by atoms with E-state index >= 15 is 0 Å². The summed E-state index contributed by atoms with van der Waals surface area (Å²) in [6.07, 6.45) is 2.75. The maximum absolute atomic E-state index is 12.0. The average Bonchev–Trinajstić information content (AvgIpc) is 2.30. The van der Waals surface area contributed by atoms with Gasteiger partial charge in [-0.15, -0.1) is 0 Å². The van der Waals surface area contributed by atoms with Gasteiger partial charge in [0.15, 0.2) is 0 Å². The van der Waals surface area contributed by atoms with Crippen LogP contribution in [0.1, 0.15) is 37.3 Å². The molecule has 0 spiro atoms. The minimum absolute atomic E-state index is 0.115. The Labute approximate surface area is 117 Å². The number of rotatable bonds is 5. The molecule has 0 aliphatic heterocycles. The van der Waals surface area contributed by atoms with Crippen LogP contribution < -0.4 is 11.1 Å². The number of benzene rings is 1. The fraction of sp³-hybridized carbons (Fsp3) is 0.500. The molecular formula is C14H21BrN2O. The molecule has 1 unspecified atom stereocenters. The highest BCUT2D eigenvalue weighted by atomic mass is 79.9. The molecule has 3 nitrogen and oxygen atoms in total. The summed E-state index contributed by atoms with van der Waals surface area (Å²) in [5, 5.41) is 2.90. The molecule has 0 aliphatic carbocycles. The lowest BCUT2D eigenvalue weighted by molar-refractivity contribution is -0.117. The van der Waals surface area contributed by atoms with Crippen LogP contribution in [0.4, 0.5) is 5.69 Å². The van der Waals surface area contributed by atoms with Gasteiger partial charge in [-0.2, -0.15) is 0 Å². The lowest BCUT2D eigenvalue weighted by atomic mass is 10.1. The number of anilines is 1. The molecule has 3 N–H and O–H groups in total. The van der Waals surface area contributed by atoms with Gasteiger partial charge in [0.05, 0.1) is 11.7 Å². The molecule has 0 aliphatic rings. The summed E-state index contributed by atoms with van der Waals surface area (Å²) in [4.78, 5) is 12.0. The molecule has 1 aromatic rings. The van der Waals surface area contributed by atoms with E-state index in [4.69, 9.17) is 5.73 Å². The predicted molar refractivity (Wildman–Crippen MR) is 79.7 cm³/mol. The molecular weight excluding hydrogens is 292 g/mol. The van der Waals surface area contributed by atoms with Crippen molar-refractivity contribution in [3.8, 4) is 0 Å². The molecule has 1 amide bonds. The predicted octanol–water partition coefficient (Wildman–Crippen LogP) is 3.52. The Hall–Kier alpha value is -0.870. The Morgan fingerprint density at radius 3 is 2.67 bits per heavy atom. The van der Waals surface area contributed by atoms with Crippen LogP contribution >= 0.6 is 15.9 Å². The fourth-order valence-electron chi connectivity index (χ4n) is 1.85. The molecule has 1 atom stereocenters. The molecule has 1 aromatic carbocycles. The largest absolute Gasteiger partial charge is 0.323 e. The van der Waals surface area contributed by atoms with Crippen LogP contribution in [0, 0.1) is 13.8 Å². The first-order chi connectivity index (χ1) is 8.45. The molecule has 0 saturated heterocycles. The highest BCUT2D eigenvalue weighted by Crippen LogP contribution is 2.27. The Balaban J connectivity index is 2.76. The number of hydrogen-bond donors (Lipinski definition) is 2. The standard InChI is InChI=1S/C14H21BrN2O/c1-4-5-6-12(16)14(18)17-13-10(3)7-9(2)8-11(13)15/h7-8,12H,4-6,16H2,1-3H3,(H,17,18). The number of amides is 1. The molecule has 18 heavy (non-hydrogen) atoms. The second-order valence-electron chi connectivity index (χ2n) is 4.68. The van der Waals surface area contributed by atoms with Crippen LogP contribution in [0.3, 0.4) is 0 Å². The van der Waals surface area contributed by atoms with E-state index in [-0.39, 0.29) is 5.91 Å². The van der Waals surface area contributed by atoms with Crippen molar-refractivity contribution in [2.45, 2.75) is 46.1 Å². The topological polar surface area (TPSA) is 55.1 Å². The van der Waals surface area contributed by atoms with Gasteiger partial charge in [-0.05, 0) is 53.4 Å². The third-order valence-electron chi connectivity index (χ3n) is 2.89. The van der Waals surface area contributed by atoms with Crippen LogP contribution in [0.2, 0.25) is 0 Å². The zero-order valence-electron chi connectivity index (χ0n) is 11.2. The van der Waals surface area contributed by atoms with E-state index in [1.165, 1.54) is 0 Å². The Bertz CT molecular complexity index is 409. The molecule has 0 bridgehead atoms. The van der Waals surface area contributed by atoms with Gasteiger partial charge in [-0.3, -0.25) is 4.79 Å². The summed E-state index contributed by atoms with van der Waals surface area (Å²) < 4.78 is 0.899. The van der Waals surface area contributed by atoms with Gasteiger partial charge >= 0.3 is 0 Å². The number of halogens is 1. The number of hydrogen-bond acceptors (Lipinski definition) is 2. The second-order valence-corrected chi connectivity index (χ2v) is 5.53. The number of carbonyl (C=O) groups is 1. The molecule has 0 radical (unpaired) electrons. The van der Waals surface area contributed by atoms with E-state index in [0.717, 1.165) is 40.5 Å². The Morgan fingerprint density at radius 1 is 1.44 bits per heavy atom. The van der Waals surface area contributed by atoms with Crippen LogP contribution in [-0.4, -0.2) is 11.9 Å². The summed E-state index contributed by atoms with van der Waals surface area (Å²) in [7, 11) is 0. The summed E-state index contributed by atoms with van der Waals surface area (Å²) in [6.45, 7) is 6.09. The lowest BCUT2D eigenvalue weighted by Crippen LogP contribution is -2.35. The highest BCUT2D eigenvalue weighted by molar-refractivity contribution is 9.10. The van der Waals surface area contributed by atoms with Crippen LogP contribution in [-0.2, 0) is 4.79 Å². The van der Waals surface area contributed by atoms with Crippen LogP contribution in [0.5, 0.6) is 0 Å². The Kier molecular flexibility index (Phi) is 5.82. The average molecular weight is 313 g/mol. The van der Waals surface area contributed by atoms with Crippen molar-refractivity contribution in [2.75, 3.05) is 5.32 Å². The first-order valence-electron chi connectivity index (χ1n) is 6.29. The van der Waals surface area contributed by atoms with Crippen molar-refractivity contribution < 1.29 is 4.79 Å². The maximum atomic E-state index is 12.0. The summed E-state index contributed by atoms with van der Waals surface area (Å²) in [5.74, 6) is -0.115. The van der Waals surface area contributed by atoms with E-state index in [1.807, 2.05) is 26.0 Å². The second kappa shape index (κ2) is 6.90. The minimum atomic E-state index is -0.433. The van der Waals surface area contributed by atoms with Crippen LogP contribution in [0.25, 0.3) is 0 Å². The number of nitrogens with one attached hydrogen (secondary N) is 1. The summed E-state index contributed by atoms with van der Waals surface area (Å²) in [6, 6.07) is 3.59. The smallest absolute Gasteiger partial charge is 0.241 e. The zero-order chi connectivity index (χ0) is 13.7. The molecule has 100 valence electrons. The third kappa shape index (κ3) is 4.10. The molecule has 0 saturated carbocycles. The molecule has 0 aromatic heterocycles. The van der Waals surface area contributed by atoms with Gasteiger partial charge in [-0.1, -0.05) is 25.8 Å². The van der Waals surface area contributed by atoms with E-state index < -0.39 is 6.04 Å². The first kappa shape index (κ1) is 15.2. The van der Waals surface area contributed by atoms with E-state index in [9.17, 15) is 4.79 Å². The number of carbonyl (C=O) groups excluding carboxylic acids is 1. The number of aryl methyl sites for hydroxylation is 2. The monoisotopic (exact) mass is 312 g/mol. The third-order valence-corrected chi connectivity index (χ3v) is 3.51. The van der Waals surface area contributed by atoms with Gasteiger partial charge in [0, 0.05) is 4.47 Å². The fourth-order valence-corrected chi connectivity index (χ4v) is 2.62. The van der Waals surface area contributed by atoms with Crippen molar-refractivity contribution >= 4 is 27.5 Å². The Morgan fingerprint density at radius 2 is 2.11 bits per heavy atom. The van der Waals surface area contributed by atoms with Crippen molar-refractivity contribution in [3.05, 3.63) is 27.7 Å². The molecule has 4 heteroatoms. The molecule has 0 fully saturated rings. The van der Waals surface area contributed by atoms with Gasteiger partial charge in [0.1, 0.15) is 0 Å². The van der Waals surface area contributed by atoms with Crippen molar-refractivity contribution in [2.24, 2.45) is 5.73 Å². The number of nitrogens with two attached hydrogens (primary N) is 1. The zero-order valence-corrected chi connectivity index (χ0v) is 12.8. The van der Waals surface area contributed by atoms with Crippen LogP contribution in [0.15, 0.2) is 16.6 Å². The van der Waals surface area contributed by atoms with Crippen molar-refractivity contribution in [1.29, 1.82) is 0 Å². The molecule has 1 rings (SSSR count). The normalized spacial score (nSPS) is 12.3. The quantitative estimate of drug-likeness (QED) is 0.874. The number of unbranched alkanes of at least 4 members (excludes halogenated alkanes) is 1. The maximum Gasteiger partial charge on any atom is 0.241 e. The van der Waals surface area contributed by atoms with E-state index in [0.29, 0.717) is 0 Å². The lowest BCUT2D eigenvalue weighted by Gasteiger charge is -2.15. The van der Waals surface area contributed by atoms with Gasteiger partial charge in [0.25, 0.3) is 0 Å². The highest BCUT2D eigenvalue weighted by Gasteiger charge is 2.15. The SMILES string of the molecule is CCCCC(N)C(=O)Nc1c(C)cc(C)cc1Br. The summed E-state index contributed by atoms with van der Waals surface area (Å²) >= 11 is 3.47. The van der Waals surface area contributed by atoms with E-state index in [1.54, 1.807) is 0 Å². The van der Waals surface area contributed by atoms with Crippen molar-refractivity contribution in [3.63, 3.8) is 0 Å². The molecule has 0 heterocycles. The van der Waals surface area contributed by atoms with Gasteiger partial charge in [0.2, 0.25) is 5.91 Å². The van der Waals surface area contributed by atoms with Crippen molar-refractivity contribution in [1.82, 2.24) is 0 Å². The first-order valence-corrected chi connectivity index (χ1v) is 7.08.